The normalized spacial score (nSPS) is 12.4. The summed E-state index contributed by atoms with van der Waals surface area (Å²) < 4.78 is 23.8. The van der Waals surface area contributed by atoms with Crippen LogP contribution < -0.4 is 0 Å². The Labute approximate surface area is 434 Å². The summed E-state index contributed by atoms with van der Waals surface area (Å²) in [6.07, 6.45) is 1.00. The minimum atomic E-state index is -1.54. The minimum Gasteiger partial charge on any atom is -0.507 e. The van der Waals surface area contributed by atoms with Crippen LogP contribution in [0.1, 0.15) is 176 Å². The third-order valence-corrected chi connectivity index (χ3v) is 13.3. The van der Waals surface area contributed by atoms with Gasteiger partial charge in [-0.2, -0.15) is 0 Å². The lowest BCUT2D eigenvalue weighted by Gasteiger charge is -2.31. The molecule has 4 aromatic rings. The molecule has 4 aromatic carbocycles. The molecule has 0 radical (unpaired) electrons. The predicted molar refractivity (Wildman–Crippen MR) is 286 cm³/mol. The zero-order chi connectivity index (χ0) is 55.0. The van der Waals surface area contributed by atoms with Crippen LogP contribution in [0.25, 0.3) is 0 Å². The Hall–Kier alpha value is -6.04. The molecule has 0 heterocycles. The summed E-state index contributed by atoms with van der Waals surface area (Å²) >= 11 is 0. The lowest BCUT2D eigenvalue weighted by molar-refractivity contribution is -0.170. The van der Waals surface area contributed by atoms with Gasteiger partial charge in [0.2, 0.25) is 0 Å². The molecule has 0 atom stereocenters. The van der Waals surface area contributed by atoms with Crippen molar-refractivity contribution in [2.75, 3.05) is 26.4 Å². The molecule has 0 fully saturated rings. The number of phenolic OH excluding ortho intramolecular Hbond substituents is 4. The molecule has 0 aliphatic carbocycles. The molecule has 12 heteroatoms. The molecule has 0 saturated heterocycles. The van der Waals surface area contributed by atoms with Gasteiger partial charge in [0.1, 0.15) is 54.8 Å². The van der Waals surface area contributed by atoms with E-state index in [4.69, 9.17) is 18.9 Å². The first-order chi connectivity index (χ1) is 33.6. The van der Waals surface area contributed by atoms with E-state index >= 15 is 0 Å². The molecule has 0 unspecified atom stereocenters. The minimum absolute atomic E-state index is 0.0446. The largest absolute Gasteiger partial charge is 0.507 e. The summed E-state index contributed by atoms with van der Waals surface area (Å²) in [7, 11) is 0. The van der Waals surface area contributed by atoms with Crippen LogP contribution in [0.15, 0.2) is 48.5 Å². The highest BCUT2D eigenvalue weighted by Gasteiger charge is 2.38. The van der Waals surface area contributed by atoms with Crippen LogP contribution in [0, 0.1) is 33.1 Å². The molecule has 0 aliphatic rings. The molecule has 0 saturated carbocycles. The van der Waals surface area contributed by atoms with Crippen LogP contribution in [0.2, 0.25) is 0 Å². The first kappa shape index (κ1) is 59.5. The summed E-state index contributed by atoms with van der Waals surface area (Å²) in [6, 6.07) is 14.9. The highest BCUT2D eigenvalue weighted by atomic mass is 16.6. The Kier molecular flexibility index (Phi) is 19.5. The van der Waals surface area contributed by atoms with Gasteiger partial charge in [-0.1, -0.05) is 132 Å². The second-order valence-corrected chi connectivity index (χ2v) is 24.4. The lowest BCUT2D eigenvalue weighted by atomic mass is 9.83. The molecule has 73 heavy (non-hydrogen) atoms. The van der Waals surface area contributed by atoms with Crippen molar-refractivity contribution in [2.24, 2.45) is 5.41 Å². The van der Waals surface area contributed by atoms with Crippen LogP contribution in [0.4, 0.5) is 0 Å². The number of aromatic hydroxyl groups is 4. The number of rotatable bonds is 20. The first-order valence-electron chi connectivity index (χ1n) is 25.5. The average Bonchev–Trinajstić information content (AvgIpc) is 3.28. The fourth-order valence-electron chi connectivity index (χ4n) is 8.74. The molecule has 12 nitrogen and oxygen atoms in total. The summed E-state index contributed by atoms with van der Waals surface area (Å²) in [5.41, 5.74) is 6.09. The number of aryl methyl sites for hydroxylation is 8. The van der Waals surface area contributed by atoms with Crippen LogP contribution >= 0.6 is 0 Å². The number of hydrogen-bond donors (Lipinski definition) is 4. The van der Waals surface area contributed by atoms with E-state index in [-0.39, 0.29) is 70.3 Å². The molecule has 4 rings (SSSR count). The van der Waals surface area contributed by atoms with Crippen LogP contribution in [-0.2, 0) is 85.5 Å². The van der Waals surface area contributed by atoms with Crippen LogP contribution in [0.3, 0.4) is 0 Å². The molecule has 4 N–H and O–H groups in total. The van der Waals surface area contributed by atoms with Gasteiger partial charge in [0.25, 0.3) is 0 Å². The Morgan fingerprint density at radius 2 is 0.521 bits per heavy atom. The van der Waals surface area contributed by atoms with Gasteiger partial charge in [-0.3, -0.25) is 19.2 Å². The third-order valence-electron chi connectivity index (χ3n) is 13.3. The number of hydrogen-bond acceptors (Lipinski definition) is 12. The number of benzene rings is 4. The molecule has 0 amide bonds. The van der Waals surface area contributed by atoms with E-state index in [9.17, 15) is 39.6 Å². The zero-order valence-electron chi connectivity index (χ0n) is 46.7. The number of phenols is 4. The van der Waals surface area contributed by atoms with Gasteiger partial charge in [-0.05, 0) is 142 Å². The van der Waals surface area contributed by atoms with Gasteiger partial charge in [0, 0.05) is 25.7 Å². The highest BCUT2D eigenvalue weighted by Crippen LogP contribution is 2.38. The van der Waals surface area contributed by atoms with Crippen molar-refractivity contribution >= 4 is 23.9 Å². The van der Waals surface area contributed by atoms with Crippen LogP contribution in [0.5, 0.6) is 23.0 Å². The summed E-state index contributed by atoms with van der Waals surface area (Å²) in [5, 5.41) is 43.2. The number of carbonyl (C=O) groups is 4. The van der Waals surface area contributed by atoms with Crippen molar-refractivity contribution in [3.05, 3.63) is 115 Å². The second kappa shape index (κ2) is 23.9. The SMILES string of the molecule is Cc1cc(CCC(=O)OCC(COC(=O)CCc2cc(C)c(O)c(C(C)(C)C)c2)(COC(=O)CCc2cc(C)c(O)c(C(C)(C)C)c2)COC(=O)CCc2cc(C)c(O)c(C(C)(C)C)c2)cc(C(C)(C)C)c1O. The van der Waals surface area contributed by atoms with Gasteiger partial charge in [-0.15, -0.1) is 0 Å². The van der Waals surface area contributed by atoms with E-state index in [0.717, 1.165) is 44.5 Å². The fourth-order valence-corrected chi connectivity index (χ4v) is 8.74. The molecule has 0 aromatic heterocycles. The fraction of sp³-hybridized carbons (Fsp3) is 0.541. The van der Waals surface area contributed by atoms with Crippen molar-refractivity contribution in [1.82, 2.24) is 0 Å². The van der Waals surface area contributed by atoms with Gasteiger partial charge in [0.05, 0.1) is 0 Å². The quantitative estimate of drug-likeness (QED) is 0.0486. The van der Waals surface area contributed by atoms with Gasteiger partial charge in [-0.25, -0.2) is 0 Å². The zero-order valence-corrected chi connectivity index (χ0v) is 46.7. The Balaban J connectivity index is 1.64. The summed E-state index contributed by atoms with van der Waals surface area (Å²) in [5.74, 6) is -1.56. The van der Waals surface area contributed by atoms with E-state index in [1.165, 1.54) is 0 Å². The van der Waals surface area contributed by atoms with E-state index in [0.29, 0.717) is 47.9 Å². The molecule has 0 bridgehead atoms. The second-order valence-electron chi connectivity index (χ2n) is 24.4. The van der Waals surface area contributed by atoms with Crippen molar-refractivity contribution in [3.8, 4) is 23.0 Å². The standard InChI is InChI=1S/C61H84O12/c1-37-25-41(29-45(53(37)66)57(5,6)7)17-21-49(62)70-33-61(34-71-50(63)22-18-42-26-38(2)54(67)46(30-42)58(8,9)10,35-72-51(64)23-19-43-27-39(3)55(68)47(31-43)59(11,12)13)36-73-52(65)24-20-44-28-40(4)56(69)48(32-44)60(14,15)16/h25-32,66-69H,17-24,33-36H2,1-16H3. The number of carbonyl (C=O) groups excluding carboxylic acids is 4. The molecule has 0 spiro atoms. The highest BCUT2D eigenvalue weighted by molar-refractivity contribution is 5.72. The molecule has 0 aliphatic heterocycles. The Bertz CT molecular complexity index is 2260. The topological polar surface area (TPSA) is 186 Å². The van der Waals surface area contributed by atoms with E-state index in [1.54, 1.807) is 0 Å². The molecular weight excluding hydrogens is 925 g/mol. The molecule has 400 valence electrons. The maximum Gasteiger partial charge on any atom is 0.306 e. The number of esters is 4. The monoisotopic (exact) mass is 1010 g/mol. The summed E-state index contributed by atoms with van der Waals surface area (Å²) in [6.45, 7) is 29.4. The van der Waals surface area contributed by atoms with Crippen LogP contribution in [-0.4, -0.2) is 70.7 Å². The van der Waals surface area contributed by atoms with E-state index in [1.807, 2.05) is 159 Å². The lowest BCUT2D eigenvalue weighted by Crippen LogP contribution is -2.44. The van der Waals surface area contributed by atoms with E-state index in [2.05, 4.69) is 0 Å². The first-order valence-corrected chi connectivity index (χ1v) is 25.5. The van der Waals surface area contributed by atoms with E-state index < -0.39 is 55.7 Å². The van der Waals surface area contributed by atoms with Crippen molar-refractivity contribution < 1.29 is 58.6 Å². The Morgan fingerprint density at radius 3 is 0.685 bits per heavy atom. The third kappa shape index (κ3) is 17.0. The summed E-state index contributed by atoms with van der Waals surface area (Å²) in [4.78, 5) is 54.8. The maximum atomic E-state index is 13.7. The van der Waals surface area contributed by atoms with Gasteiger partial charge < -0.3 is 39.4 Å². The Morgan fingerprint density at radius 1 is 0.342 bits per heavy atom. The van der Waals surface area contributed by atoms with Crippen molar-refractivity contribution in [2.45, 2.75) is 184 Å². The smallest absolute Gasteiger partial charge is 0.306 e. The maximum absolute atomic E-state index is 13.7. The van der Waals surface area contributed by atoms with Gasteiger partial charge in [0.15, 0.2) is 0 Å². The number of ether oxygens (including phenoxy) is 4. The van der Waals surface area contributed by atoms with Crippen molar-refractivity contribution in [3.63, 3.8) is 0 Å². The van der Waals surface area contributed by atoms with Gasteiger partial charge >= 0.3 is 23.9 Å². The molecular formula is C61H84O12. The average molecular weight is 1010 g/mol. The van der Waals surface area contributed by atoms with Crippen molar-refractivity contribution in [1.29, 1.82) is 0 Å². The predicted octanol–water partition coefficient (Wildman–Crippen LogP) is 11.9.